The highest BCUT2D eigenvalue weighted by atomic mass is 32.2. The van der Waals surface area contributed by atoms with Gasteiger partial charge >= 0.3 is 0 Å². The van der Waals surface area contributed by atoms with Gasteiger partial charge in [0.25, 0.3) is 0 Å². The van der Waals surface area contributed by atoms with Crippen molar-refractivity contribution in [3.05, 3.63) is 66.7 Å². The van der Waals surface area contributed by atoms with Gasteiger partial charge in [-0.15, -0.1) is 0 Å². The number of anilines is 1. The number of carbonyl (C=O) groups is 1. The number of fused-ring (bicyclic) bond motifs is 3. The van der Waals surface area contributed by atoms with Crippen LogP contribution in [0.15, 0.2) is 71.6 Å². The minimum Gasteiger partial charge on any atom is -0.494 e. The number of amides is 1. The van der Waals surface area contributed by atoms with Crippen molar-refractivity contribution in [3.8, 4) is 5.75 Å². The molecule has 0 atom stereocenters. The number of rotatable bonds is 9. The fourth-order valence-corrected chi connectivity index (χ4v) is 7.24. The van der Waals surface area contributed by atoms with Gasteiger partial charge in [0.15, 0.2) is 0 Å². The van der Waals surface area contributed by atoms with Crippen LogP contribution in [-0.2, 0) is 21.4 Å². The van der Waals surface area contributed by atoms with Gasteiger partial charge in [-0.25, -0.2) is 8.42 Å². The van der Waals surface area contributed by atoms with E-state index in [2.05, 4.69) is 28.9 Å². The van der Waals surface area contributed by atoms with Gasteiger partial charge in [-0.05, 0) is 75.2 Å². The number of aromatic nitrogens is 1. The van der Waals surface area contributed by atoms with Crippen LogP contribution in [0, 0.1) is 0 Å². The molecule has 200 valence electrons. The van der Waals surface area contributed by atoms with Gasteiger partial charge in [-0.3, -0.25) is 4.79 Å². The van der Waals surface area contributed by atoms with Crippen LogP contribution >= 0.6 is 0 Å². The van der Waals surface area contributed by atoms with Crippen molar-refractivity contribution in [2.45, 2.75) is 63.4 Å². The first-order chi connectivity index (χ1) is 18.4. The molecule has 38 heavy (non-hydrogen) atoms. The predicted molar refractivity (Wildman–Crippen MR) is 152 cm³/mol. The first kappa shape index (κ1) is 26.3. The molecule has 0 radical (unpaired) electrons. The number of hydrogen-bond acceptors (Lipinski definition) is 4. The maximum atomic E-state index is 13.7. The van der Waals surface area contributed by atoms with Gasteiger partial charge in [0.2, 0.25) is 15.9 Å². The fraction of sp³-hybridized carbons (Fsp3) is 0.367. The fourth-order valence-electron chi connectivity index (χ4n) is 5.60. The van der Waals surface area contributed by atoms with Crippen LogP contribution in [0.5, 0.6) is 5.75 Å². The van der Waals surface area contributed by atoms with Crippen LogP contribution in [0.25, 0.3) is 21.8 Å². The van der Waals surface area contributed by atoms with E-state index in [1.807, 2.05) is 37.3 Å². The molecule has 0 unspecified atom stereocenters. The molecule has 1 fully saturated rings. The predicted octanol–water partition coefficient (Wildman–Crippen LogP) is 6.18. The Morgan fingerprint density at radius 1 is 0.947 bits per heavy atom. The molecule has 5 rings (SSSR count). The maximum absolute atomic E-state index is 13.7. The number of nitrogens with one attached hydrogen (secondary N) is 1. The summed E-state index contributed by atoms with van der Waals surface area (Å²) < 4.78 is 36.6. The molecule has 0 saturated heterocycles. The molecule has 0 bridgehead atoms. The van der Waals surface area contributed by atoms with E-state index in [0.717, 1.165) is 60.5 Å². The second kappa shape index (κ2) is 11.2. The lowest BCUT2D eigenvalue weighted by Crippen LogP contribution is -2.45. The summed E-state index contributed by atoms with van der Waals surface area (Å²) in [5.41, 5.74) is 2.91. The standard InChI is InChI=1S/C30H35N3O4S/c1-3-32-28-13-9-8-12-26(28)27-20-22(14-19-29(27)32)31-30(34)21-33(23-10-6-5-7-11-23)38(35,36)25-17-15-24(16-18-25)37-4-2/h8-9,12-20,23H,3-7,10-11,21H2,1-2H3,(H,31,34). The van der Waals surface area contributed by atoms with Crippen LogP contribution in [0.1, 0.15) is 46.0 Å². The molecule has 0 aliphatic heterocycles. The number of nitrogens with zero attached hydrogens (tertiary/aromatic N) is 2. The Kier molecular flexibility index (Phi) is 7.72. The molecule has 1 saturated carbocycles. The van der Waals surface area contributed by atoms with Crippen molar-refractivity contribution in [1.29, 1.82) is 0 Å². The zero-order valence-corrected chi connectivity index (χ0v) is 22.8. The van der Waals surface area contributed by atoms with E-state index in [1.54, 1.807) is 24.3 Å². The Bertz CT molecular complexity index is 1540. The highest BCUT2D eigenvalue weighted by Gasteiger charge is 2.34. The van der Waals surface area contributed by atoms with Crippen molar-refractivity contribution in [1.82, 2.24) is 8.87 Å². The number of aryl methyl sites for hydroxylation is 1. The first-order valence-corrected chi connectivity index (χ1v) is 14.9. The van der Waals surface area contributed by atoms with E-state index in [-0.39, 0.29) is 23.4 Å². The molecule has 1 N–H and O–H groups in total. The van der Waals surface area contributed by atoms with E-state index in [0.29, 0.717) is 18.0 Å². The van der Waals surface area contributed by atoms with Crippen molar-refractivity contribution in [2.24, 2.45) is 0 Å². The Morgan fingerprint density at radius 3 is 2.37 bits per heavy atom. The summed E-state index contributed by atoms with van der Waals surface area (Å²) in [5.74, 6) is 0.275. The molecule has 1 aromatic heterocycles. The zero-order valence-electron chi connectivity index (χ0n) is 22.0. The second-order valence-electron chi connectivity index (χ2n) is 9.79. The average molecular weight is 534 g/mol. The molecular weight excluding hydrogens is 498 g/mol. The normalized spacial score (nSPS) is 14.8. The minimum absolute atomic E-state index is 0.174. The highest BCUT2D eigenvalue weighted by Crippen LogP contribution is 2.32. The average Bonchev–Trinajstić information content (AvgIpc) is 3.25. The summed E-state index contributed by atoms with van der Waals surface area (Å²) in [7, 11) is -3.87. The van der Waals surface area contributed by atoms with Crippen LogP contribution in [0.4, 0.5) is 5.69 Å². The van der Waals surface area contributed by atoms with E-state index in [9.17, 15) is 13.2 Å². The highest BCUT2D eigenvalue weighted by molar-refractivity contribution is 7.89. The molecular formula is C30H35N3O4S. The third-order valence-electron chi connectivity index (χ3n) is 7.40. The molecule has 1 amide bonds. The molecule has 1 aliphatic rings. The lowest BCUT2D eigenvalue weighted by Gasteiger charge is -2.33. The minimum atomic E-state index is -3.87. The van der Waals surface area contributed by atoms with Crippen LogP contribution in [0.3, 0.4) is 0 Å². The molecule has 8 heteroatoms. The van der Waals surface area contributed by atoms with Gasteiger partial charge < -0.3 is 14.6 Å². The Balaban J connectivity index is 1.41. The van der Waals surface area contributed by atoms with E-state index in [4.69, 9.17) is 4.74 Å². The second-order valence-corrected chi connectivity index (χ2v) is 11.7. The molecule has 1 heterocycles. The SMILES string of the molecule is CCOc1ccc(S(=O)(=O)N(CC(=O)Nc2ccc3c(c2)c2ccccc2n3CC)C2CCCCC2)cc1. The van der Waals surface area contributed by atoms with Crippen LogP contribution in [0.2, 0.25) is 0 Å². The lowest BCUT2D eigenvalue weighted by molar-refractivity contribution is -0.116. The largest absolute Gasteiger partial charge is 0.494 e. The summed E-state index contributed by atoms with van der Waals surface area (Å²) in [6.07, 6.45) is 4.52. The summed E-state index contributed by atoms with van der Waals surface area (Å²) in [4.78, 5) is 13.5. The van der Waals surface area contributed by atoms with Gasteiger partial charge in [-0.2, -0.15) is 4.31 Å². The van der Waals surface area contributed by atoms with Gasteiger partial charge in [-0.1, -0.05) is 37.5 Å². The monoisotopic (exact) mass is 533 g/mol. The maximum Gasteiger partial charge on any atom is 0.243 e. The summed E-state index contributed by atoms with van der Waals surface area (Å²) in [6.45, 7) is 5.12. The molecule has 0 spiro atoms. The third-order valence-corrected chi connectivity index (χ3v) is 9.31. The summed E-state index contributed by atoms with van der Waals surface area (Å²) in [6, 6.07) is 20.4. The quantitative estimate of drug-likeness (QED) is 0.279. The van der Waals surface area contributed by atoms with E-state index in [1.165, 1.54) is 4.31 Å². The lowest BCUT2D eigenvalue weighted by atomic mass is 9.95. The number of sulfonamides is 1. The molecule has 1 aliphatic carbocycles. The van der Waals surface area contributed by atoms with Gasteiger partial charge in [0.05, 0.1) is 18.0 Å². The van der Waals surface area contributed by atoms with Gasteiger partial charge in [0.1, 0.15) is 5.75 Å². The van der Waals surface area contributed by atoms with Crippen molar-refractivity contribution >= 4 is 43.4 Å². The van der Waals surface area contributed by atoms with Crippen molar-refractivity contribution < 1.29 is 17.9 Å². The number of carbonyl (C=O) groups excluding carboxylic acids is 1. The summed E-state index contributed by atoms with van der Waals surface area (Å²) in [5, 5.41) is 5.16. The van der Waals surface area contributed by atoms with E-state index >= 15 is 0 Å². The summed E-state index contributed by atoms with van der Waals surface area (Å²) >= 11 is 0. The van der Waals surface area contributed by atoms with Gasteiger partial charge in [0, 0.05) is 40.1 Å². The smallest absolute Gasteiger partial charge is 0.243 e. The number of ether oxygens (including phenoxy) is 1. The van der Waals surface area contributed by atoms with Crippen molar-refractivity contribution in [3.63, 3.8) is 0 Å². The topological polar surface area (TPSA) is 80.6 Å². The Labute approximate surface area is 224 Å². The van der Waals surface area contributed by atoms with Crippen molar-refractivity contribution in [2.75, 3.05) is 18.5 Å². The van der Waals surface area contributed by atoms with Crippen LogP contribution in [-0.4, -0.2) is 42.4 Å². The zero-order chi connectivity index (χ0) is 26.7. The number of benzene rings is 3. The Hall–Kier alpha value is -3.36. The molecule has 3 aromatic carbocycles. The molecule has 4 aromatic rings. The first-order valence-electron chi connectivity index (χ1n) is 13.5. The van der Waals surface area contributed by atoms with E-state index < -0.39 is 10.0 Å². The number of hydrogen-bond donors (Lipinski definition) is 1. The third kappa shape index (κ3) is 5.15. The van der Waals surface area contributed by atoms with Crippen LogP contribution < -0.4 is 10.1 Å². The number of para-hydroxylation sites is 1. The Morgan fingerprint density at radius 2 is 1.66 bits per heavy atom. The molecule has 7 nitrogen and oxygen atoms in total.